The number of ether oxygens (including phenoxy) is 1. The van der Waals surface area contributed by atoms with Crippen molar-refractivity contribution in [3.63, 3.8) is 0 Å². The number of thioether (sulfide) groups is 1. The van der Waals surface area contributed by atoms with Crippen molar-refractivity contribution in [3.05, 3.63) is 52.5 Å². The van der Waals surface area contributed by atoms with E-state index in [0.717, 1.165) is 21.3 Å². The third-order valence-corrected chi connectivity index (χ3v) is 4.77. The summed E-state index contributed by atoms with van der Waals surface area (Å²) in [4.78, 5) is 4.47. The van der Waals surface area contributed by atoms with Crippen LogP contribution in [0.1, 0.15) is 11.8 Å². The van der Waals surface area contributed by atoms with E-state index in [-0.39, 0.29) is 5.75 Å². The molecule has 2 N–H and O–H groups in total. The first kappa shape index (κ1) is 16.2. The molecular formula is C17H13BrN4O2S. The number of hydrogen-bond acceptors (Lipinski definition) is 7. The van der Waals surface area contributed by atoms with Crippen molar-refractivity contribution >= 4 is 33.4 Å². The van der Waals surface area contributed by atoms with Crippen LogP contribution in [0, 0.1) is 0 Å². The van der Waals surface area contributed by atoms with Crippen molar-refractivity contribution in [1.82, 2.24) is 15.2 Å². The molecule has 0 saturated carbocycles. The van der Waals surface area contributed by atoms with Gasteiger partial charge in [-0.2, -0.15) is 4.98 Å². The topological polar surface area (TPSA) is 80.2 Å². The highest BCUT2D eigenvalue weighted by Gasteiger charge is 2.26. The first-order valence-electron chi connectivity index (χ1n) is 7.45. The molecule has 126 valence electrons. The van der Waals surface area contributed by atoms with E-state index in [0.29, 0.717) is 16.7 Å². The van der Waals surface area contributed by atoms with E-state index in [1.54, 1.807) is 18.2 Å². The van der Waals surface area contributed by atoms with Gasteiger partial charge in [0.25, 0.3) is 0 Å². The summed E-state index contributed by atoms with van der Waals surface area (Å²) < 4.78 is 7.02. The Hall–Kier alpha value is -2.32. The van der Waals surface area contributed by atoms with Crippen molar-refractivity contribution in [2.75, 3.05) is 11.6 Å². The van der Waals surface area contributed by atoms with E-state index in [1.807, 2.05) is 30.5 Å². The van der Waals surface area contributed by atoms with Crippen LogP contribution in [-0.4, -0.2) is 26.5 Å². The van der Waals surface area contributed by atoms with Crippen molar-refractivity contribution in [1.29, 1.82) is 0 Å². The lowest BCUT2D eigenvalue weighted by molar-refractivity contribution is 0.225. The van der Waals surface area contributed by atoms with Gasteiger partial charge in [0.15, 0.2) is 11.9 Å². The monoisotopic (exact) mass is 416 g/mol. The number of nitrogens with zero attached hydrogens (tertiary/aromatic N) is 3. The smallest absolute Gasteiger partial charge is 0.247 e. The third kappa shape index (κ3) is 3.14. The fraction of sp³-hybridized carbons (Fsp3) is 0.118. The minimum Gasteiger partial charge on any atom is -0.508 e. The molecular weight excluding hydrogens is 404 g/mol. The molecule has 0 unspecified atom stereocenters. The van der Waals surface area contributed by atoms with E-state index in [2.05, 4.69) is 36.4 Å². The minimum absolute atomic E-state index is 0.175. The van der Waals surface area contributed by atoms with Crippen LogP contribution in [0.5, 0.6) is 11.6 Å². The highest BCUT2D eigenvalue weighted by Crippen LogP contribution is 2.40. The molecule has 0 radical (unpaired) electrons. The van der Waals surface area contributed by atoms with Gasteiger partial charge in [-0.3, -0.25) is 0 Å². The van der Waals surface area contributed by atoms with Gasteiger partial charge in [0.05, 0.1) is 0 Å². The summed E-state index contributed by atoms with van der Waals surface area (Å²) >= 11 is 4.89. The van der Waals surface area contributed by atoms with Gasteiger partial charge in [-0.25, -0.2) is 0 Å². The van der Waals surface area contributed by atoms with Crippen LogP contribution in [0.3, 0.4) is 0 Å². The fourth-order valence-corrected chi connectivity index (χ4v) is 3.25. The zero-order valence-electron chi connectivity index (χ0n) is 13.1. The standard InChI is InChI=1S/C17H13BrN4O2S/c1-25-17-20-16-14(21-22-17)12-8-10(18)5-6-13(12)19-15(24-16)9-3-2-4-11(23)7-9/h2-8,15,19,23H,1H3/t15-/m0/s1. The lowest BCUT2D eigenvalue weighted by atomic mass is 10.1. The molecule has 3 aromatic rings. The van der Waals surface area contributed by atoms with E-state index in [9.17, 15) is 5.11 Å². The molecule has 1 aliphatic heterocycles. The number of rotatable bonds is 2. The van der Waals surface area contributed by atoms with Crippen molar-refractivity contribution in [2.45, 2.75) is 11.4 Å². The van der Waals surface area contributed by atoms with Gasteiger partial charge in [0.1, 0.15) is 5.75 Å². The molecule has 0 spiro atoms. The second kappa shape index (κ2) is 6.53. The van der Waals surface area contributed by atoms with Crippen LogP contribution in [0.25, 0.3) is 11.3 Å². The maximum absolute atomic E-state index is 9.79. The number of anilines is 1. The Morgan fingerprint density at radius 2 is 2.08 bits per heavy atom. The average Bonchev–Trinajstić information content (AvgIpc) is 2.77. The number of nitrogens with one attached hydrogen (secondary N) is 1. The summed E-state index contributed by atoms with van der Waals surface area (Å²) in [6.07, 6.45) is 1.37. The second-order valence-corrected chi connectivity index (χ2v) is 7.07. The molecule has 25 heavy (non-hydrogen) atoms. The van der Waals surface area contributed by atoms with Crippen LogP contribution in [0.15, 0.2) is 52.1 Å². The first-order chi connectivity index (χ1) is 12.1. The molecule has 4 rings (SSSR count). The molecule has 0 bridgehead atoms. The average molecular weight is 417 g/mol. The van der Waals surface area contributed by atoms with E-state index in [1.165, 1.54) is 11.8 Å². The van der Waals surface area contributed by atoms with Gasteiger partial charge in [-0.05, 0) is 36.6 Å². The van der Waals surface area contributed by atoms with Crippen LogP contribution in [0.2, 0.25) is 0 Å². The van der Waals surface area contributed by atoms with Gasteiger partial charge in [-0.1, -0.05) is 39.8 Å². The summed E-state index contributed by atoms with van der Waals surface area (Å²) in [5.74, 6) is 0.575. The Morgan fingerprint density at radius 1 is 1.20 bits per heavy atom. The quantitative estimate of drug-likeness (QED) is 0.604. The van der Waals surface area contributed by atoms with Crippen LogP contribution < -0.4 is 10.1 Å². The van der Waals surface area contributed by atoms with Crippen LogP contribution >= 0.6 is 27.7 Å². The van der Waals surface area contributed by atoms with Crippen LogP contribution in [0.4, 0.5) is 5.69 Å². The largest absolute Gasteiger partial charge is 0.508 e. The van der Waals surface area contributed by atoms with Gasteiger partial charge >= 0.3 is 0 Å². The summed E-state index contributed by atoms with van der Waals surface area (Å²) in [5.41, 5.74) is 3.05. The number of halogens is 1. The second-order valence-electron chi connectivity index (χ2n) is 5.38. The van der Waals surface area contributed by atoms with Gasteiger partial charge in [0.2, 0.25) is 11.0 Å². The zero-order chi connectivity index (χ0) is 17.4. The molecule has 0 amide bonds. The molecule has 1 aliphatic rings. The maximum Gasteiger partial charge on any atom is 0.247 e. The number of phenolic OH excluding ortho intramolecular Hbond substituents is 1. The molecule has 1 atom stereocenters. The predicted octanol–water partition coefficient (Wildman–Crippen LogP) is 4.23. The van der Waals surface area contributed by atoms with Gasteiger partial charge in [-0.15, -0.1) is 10.2 Å². The Morgan fingerprint density at radius 3 is 2.88 bits per heavy atom. The zero-order valence-corrected chi connectivity index (χ0v) is 15.5. The Bertz CT molecular complexity index is 954. The molecule has 0 saturated heterocycles. The molecule has 0 fully saturated rings. The van der Waals surface area contributed by atoms with Crippen molar-refractivity contribution < 1.29 is 9.84 Å². The molecule has 0 aliphatic carbocycles. The fourth-order valence-electron chi connectivity index (χ4n) is 2.60. The highest BCUT2D eigenvalue weighted by atomic mass is 79.9. The molecule has 2 aromatic carbocycles. The SMILES string of the molecule is CSc1nnc2c(n1)O[C@@H](c1cccc(O)c1)Nc1ccc(Br)cc1-2. The highest BCUT2D eigenvalue weighted by molar-refractivity contribution is 9.10. The van der Waals surface area contributed by atoms with Crippen LogP contribution in [-0.2, 0) is 0 Å². The van der Waals surface area contributed by atoms with Gasteiger partial charge < -0.3 is 15.2 Å². The molecule has 1 aromatic heterocycles. The summed E-state index contributed by atoms with van der Waals surface area (Å²) in [5, 5.41) is 22.1. The lowest BCUT2D eigenvalue weighted by Gasteiger charge is -2.19. The lowest BCUT2D eigenvalue weighted by Crippen LogP contribution is -2.17. The number of phenols is 1. The number of aromatic hydroxyl groups is 1. The number of fused-ring (bicyclic) bond motifs is 3. The van der Waals surface area contributed by atoms with Crippen molar-refractivity contribution in [2.24, 2.45) is 0 Å². The summed E-state index contributed by atoms with van der Waals surface area (Å²) in [7, 11) is 0. The summed E-state index contributed by atoms with van der Waals surface area (Å²) in [6.45, 7) is 0. The van der Waals surface area contributed by atoms with Gasteiger partial charge in [0, 0.05) is 21.3 Å². The Kier molecular flexibility index (Phi) is 4.22. The number of hydrogen-bond donors (Lipinski definition) is 2. The predicted molar refractivity (Wildman–Crippen MR) is 99.8 cm³/mol. The molecule has 2 heterocycles. The first-order valence-corrected chi connectivity index (χ1v) is 9.46. The molecule has 6 nitrogen and oxygen atoms in total. The Balaban J connectivity index is 1.88. The third-order valence-electron chi connectivity index (χ3n) is 3.74. The van der Waals surface area contributed by atoms with Crippen molar-refractivity contribution in [3.8, 4) is 22.9 Å². The van der Waals surface area contributed by atoms with E-state index in [4.69, 9.17) is 4.74 Å². The summed E-state index contributed by atoms with van der Waals surface area (Å²) in [6, 6.07) is 12.8. The normalized spacial score (nSPS) is 15.4. The number of aromatic nitrogens is 3. The Labute approximate surface area is 156 Å². The van der Waals surface area contributed by atoms with E-state index >= 15 is 0 Å². The minimum atomic E-state index is -0.514. The molecule has 8 heteroatoms. The maximum atomic E-state index is 9.79. The number of benzene rings is 2. The van der Waals surface area contributed by atoms with E-state index < -0.39 is 6.23 Å².